The number of aromatic nitrogens is 2. The normalized spacial score (nSPS) is 20.5. The van der Waals surface area contributed by atoms with Gasteiger partial charge < -0.3 is 15.2 Å². The fourth-order valence-electron chi connectivity index (χ4n) is 3.31. The lowest BCUT2D eigenvalue weighted by Gasteiger charge is -2.49. The minimum Gasteiger partial charge on any atom is -0.477 e. The highest BCUT2D eigenvalue weighted by molar-refractivity contribution is 8.00. The molecule has 32 heavy (non-hydrogen) atoms. The highest BCUT2D eigenvalue weighted by atomic mass is 32.2. The number of carbonyl (C=O) groups is 4. The van der Waals surface area contributed by atoms with Crippen LogP contribution in [-0.4, -0.2) is 67.3 Å². The number of carboxylic acid groups (broad SMARTS) is 1. The van der Waals surface area contributed by atoms with E-state index in [1.807, 2.05) is 0 Å². The first-order valence-electron chi connectivity index (χ1n) is 9.34. The first-order valence-corrected chi connectivity index (χ1v) is 10.4. The zero-order valence-electron chi connectivity index (χ0n) is 16.9. The number of carboxylic acids is 1. The van der Waals surface area contributed by atoms with Crippen LogP contribution in [-0.2, 0) is 36.6 Å². The Labute approximate surface area is 183 Å². The van der Waals surface area contributed by atoms with E-state index in [4.69, 9.17) is 4.74 Å². The molecule has 0 unspecified atom stereocenters. The molecule has 1 aromatic rings. The number of thioether (sulfide) groups is 1. The number of hydrogen-bond acceptors (Lipinski definition) is 7. The zero-order valence-corrected chi connectivity index (χ0v) is 17.7. The van der Waals surface area contributed by atoms with Crippen LogP contribution in [0.2, 0.25) is 0 Å². The number of rotatable bonds is 7. The third-order valence-electron chi connectivity index (χ3n) is 4.84. The number of carbonyl (C=O) groups excluding carboxylic acids is 3. The first kappa shape index (κ1) is 23.6. The molecular weight excluding hydrogens is 457 g/mol. The Morgan fingerprint density at radius 2 is 2.06 bits per heavy atom. The number of fused-ring (bicyclic) bond motifs is 1. The van der Waals surface area contributed by atoms with Crippen molar-refractivity contribution in [2.75, 3.05) is 12.4 Å². The molecule has 3 heterocycles. The zero-order chi connectivity index (χ0) is 23.8. The molecule has 2 aliphatic rings. The Hall–Kier alpha value is -3.03. The van der Waals surface area contributed by atoms with Crippen LogP contribution in [0.4, 0.5) is 13.2 Å². The Morgan fingerprint density at radius 1 is 1.38 bits per heavy atom. The van der Waals surface area contributed by atoms with Crippen LogP contribution in [0.15, 0.2) is 17.3 Å². The summed E-state index contributed by atoms with van der Waals surface area (Å²) in [6.45, 7) is 2.22. The largest absolute Gasteiger partial charge is 0.477 e. The van der Waals surface area contributed by atoms with Gasteiger partial charge in [0.1, 0.15) is 23.7 Å². The lowest BCUT2D eigenvalue weighted by atomic mass is 10.0. The van der Waals surface area contributed by atoms with Crippen molar-refractivity contribution in [2.24, 2.45) is 0 Å². The van der Waals surface area contributed by atoms with Gasteiger partial charge in [0.2, 0.25) is 5.91 Å². The fourth-order valence-corrected chi connectivity index (χ4v) is 4.64. The minimum atomic E-state index is -4.60. The average molecular weight is 476 g/mol. The highest BCUT2D eigenvalue weighted by Crippen LogP contribution is 2.40. The van der Waals surface area contributed by atoms with Crippen molar-refractivity contribution < 1.29 is 42.2 Å². The van der Waals surface area contributed by atoms with Gasteiger partial charge in [-0.1, -0.05) is 0 Å². The third kappa shape index (κ3) is 4.74. The van der Waals surface area contributed by atoms with Crippen LogP contribution in [0.1, 0.15) is 24.7 Å². The molecule has 1 saturated heterocycles. The number of halogens is 3. The van der Waals surface area contributed by atoms with Gasteiger partial charge in [0, 0.05) is 36.9 Å². The lowest BCUT2D eigenvalue weighted by Crippen LogP contribution is -2.70. The van der Waals surface area contributed by atoms with Crippen LogP contribution in [0.25, 0.3) is 0 Å². The summed E-state index contributed by atoms with van der Waals surface area (Å²) in [7, 11) is 0. The molecule has 14 heteroatoms. The summed E-state index contributed by atoms with van der Waals surface area (Å²) < 4.78 is 44.1. The van der Waals surface area contributed by atoms with Gasteiger partial charge in [0.25, 0.3) is 5.91 Å². The molecular formula is C18H19F3N4O6S. The Bertz CT molecular complexity index is 1010. The average Bonchev–Trinajstić information content (AvgIpc) is 3.08. The van der Waals surface area contributed by atoms with Crippen LogP contribution >= 0.6 is 11.8 Å². The topological polar surface area (TPSA) is 131 Å². The Balaban J connectivity index is 1.61. The van der Waals surface area contributed by atoms with Gasteiger partial charge >= 0.3 is 18.1 Å². The quantitative estimate of drug-likeness (QED) is 0.439. The standard InChI is InChI=1S/C18H19F3N4O6S/c1-8-5-11(18(19,20)21)23-24(8)4-3-12(27)22-13-15(28)25-14(17(29)30)10(6-31-9(2)26)7-32-16(13)25/h5,13,16H,3-4,6-7H2,1-2H3,(H,22,27)(H,29,30)/t13-,16-/m1/s1. The minimum absolute atomic E-state index is 0.122. The number of nitrogens with zero attached hydrogens (tertiary/aromatic N) is 3. The van der Waals surface area contributed by atoms with Crippen molar-refractivity contribution in [3.63, 3.8) is 0 Å². The van der Waals surface area contributed by atoms with Gasteiger partial charge in [-0.3, -0.25) is 24.0 Å². The number of aliphatic carboxylic acids is 1. The summed E-state index contributed by atoms with van der Waals surface area (Å²) in [5, 5.41) is 14.8. The second-order valence-corrected chi connectivity index (χ2v) is 8.24. The molecule has 3 rings (SSSR count). The molecule has 0 aromatic carbocycles. The van der Waals surface area contributed by atoms with Crippen molar-refractivity contribution in [3.8, 4) is 0 Å². The van der Waals surface area contributed by atoms with Crippen LogP contribution in [0.3, 0.4) is 0 Å². The van der Waals surface area contributed by atoms with E-state index in [9.17, 15) is 37.5 Å². The number of aryl methyl sites for hydroxylation is 2. The molecule has 0 spiro atoms. The van der Waals surface area contributed by atoms with E-state index in [1.165, 1.54) is 25.6 Å². The highest BCUT2D eigenvalue weighted by Gasteiger charge is 2.54. The Morgan fingerprint density at radius 3 is 2.62 bits per heavy atom. The Kier molecular flexibility index (Phi) is 6.53. The molecule has 0 saturated carbocycles. The van der Waals surface area contributed by atoms with Gasteiger partial charge in [-0.2, -0.15) is 18.3 Å². The van der Waals surface area contributed by atoms with Gasteiger partial charge in [0.05, 0.1) is 0 Å². The van der Waals surface area contributed by atoms with E-state index in [-0.39, 0.29) is 42.3 Å². The summed E-state index contributed by atoms with van der Waals surface area (Å²) in [5.41, 5.74) is -0.842. The maximum absolute atomic E-state index is 12.7. The second-order valence-electron chi connectivity index (χ2n) is 7.13. The number of amides is 2. The van der Waals surface area contributed by atoms with Gasteiger partial charge in [-0.05, 0) is 13.0 Å². The molecule has 2 N–H and O–H groups in total. The third-order valence-corrected chi connectivity index (χ3v) is 6.18. The second kappa shape index (κ2) is 8.84. The smallest absolute Gasteiger partial charge is 0.435 e. The van der Waals surface area contributed by atoms with Crippen molar-refractivity contribution in [1.82, 2.24) is 20.0 Å². The molecule has 1 aromatic heterocycles. The van der Waals surface area contributed by atoms with Crippen molar-refractivity contribution in [3.05, 3.63) is 28.7 Å². The number of alkyl halides is 3. The van der Waals surface area contributed by atoms with Gasteiger partial charge in [0.15, 0.2) is 5.69 Å². The summed E-state index contributed by atoms with van der Waals surface area (Å²) in [4.78, 5) is 48.5. The van der Waals surface area contributed by atoms with Crippen molar-refractivity contribution in [2.45, 2.75) is 44.4 Å². The van der Waals surface area contributed by atoms with Gasteiger partial charge in [-0.25, -0.2) is 4.79 Å². The number of esters is 1. The molecule has 0 radical (unpaired) electrons. The van der Waals surface area contributed by atoms with Crippen LogP contribution in [0, 0.1) is 6.92 Å². The molecule has 2 atom stereocenters. The molecule has 2 amide bonds. The van der Waals surface area contributed by atoms with Gasteiger partial charge in [-0.15, -0.1) is 11.8 Å². The van der Waals surface area contributed by atoms with Crippen LogP contribution < -0.4 is 5.32 Å². The lowest BCUT2D eigenvalue weighted by molar-refractivity contribution is -0.151. The monoisotopic (exact) mass is 476 g/mol. The number of β-lactam (4-membered cyclic amide) rings is 1. The summed E-state index contributed by atoms with van der Waals surface area (Å²) in [5.74, 6) is -2.99. The molecule has 10 nitrogen and oxygen atoms in total. The molecule has 0 aliphatic carbocycles. The summed E-state index contributed by atoms with van der Waals surface area (Å²) in [6, 6.07) is -0.0987. The predicted molar refractivity (Wildman–Crippen MR) is 103 cm³/mol. The maximum Gasteiger partial charge on any atom is 0.435 e. The van der Waals surface area contributed by atoms with E-state index in [0.717, 1.165) is 15.6 Å². The predicted octanol–water partition coefficient (Wildman–Crippen LogP) is 0.902. The molecule has 2 aliphatic heterocycles. The van der Waals surface area contributed by atoms with E-state index < -0.39 is 47.0 Å². The number of hydrogen-bond donors (Lipinski definition) is 2. The summed E-state index contributed by atoms with van der Waals surface area (Å²) in [6.07, 6.45) is -4.82. The van der Waals surface area contributed by atoms with Crippen molar-refractivity contribution >= 4 is 35.5 Å². The molecule has 1 fully saturated rings. The first-order chi connectivity index (χ1) is 14.9. The fraction of sp³-hybridized carbons (Fsp3) is 0.500. The van der Waals surface area contributed by atoms with Crippen LogP contribution in [0.5, 0.6) is 0 Å². The van der Waals surface area contributed by atoms with E-state index in [0.29, 0.717) is 0 Å². The van der Waals surface area contributed by atoms with E-state index in [1.54, 1.807) is 0 Å². The molecule has 174 valence electrons. The summed E-state index contributed by atoms with van der Waals surface area (Å²) >= 11 is 1.21. The van der Waals surface area contributed by atoms with E-state index in [2.05, 4.69) is 10.4 Å². The SMILES string of the molecule is CC(=O)OCC1=C(C(=O)O)N2C(=O)[C@@H](NC(=O)CCn3nc(C(F)(F)F)cc3C)[C@H]2SC1. The molecule has 0 bridgehead atoms. The van der Waals surface area contributed by atoms with E-state index >= 15 is 0 Å². The number of ether oxygens (including phenoxy) is 1. The number of nitrogens with one attached hydrogen (secondary N) is 1. The van der Waals surface area contributed by atoms with Crippen molar-refractivity contribution in [1.29, 1.82) is 0 Å². The maximum atomic E-state index is 12.7.